The van der Waals surface area contributed by atoms with E-state index in [-0.39, 0.29) is 0 Å². The molecule has 1 N–H and O–H groups in total. The highest BCUT2D eigenvalue weighted by Gasteiger charge is 2.30. The van der Waals surface area contributed by atoms with Crippen molar-refractivity contribution in [2.24, 2.45) is 11.8 Å². The maximum absolute atomic E-state index is 11.2. The first-order valence-electron chi connectivity index (χ1n) is 4.09. The molecule has 1 saturated carbocycles. The van der Waals surface area contributed by atoms with Gasteiger partial charge < -0.3 is 5.32 Å². The summed E-state index contributed by atoms with van der Waals surface area (Å²) in [6.45, 7) is 2.01. The van der Waals surface area contributed by atoms with Crippen molar-refractivity contribution in [1.29, 1.82) is 0 Å². The molecule has 2 nitrogen and oxygen atoms in total. The van der Waals surface area contributed by atoms with Crippen molar-refractivity contribution in [3.05, 3.63) is 0 Å². The van der Waals surface area contributed by atoms with Crippen LogP contribution in [0.2, 0.25) is 0 Å². The van der Waals surface area contributed by atoms with Crippen molar-refractivity contribution in [2.75, 3.05) is 13.1 Å². The number of carbonyl (C=O) groups excluding carboxylic acids is 1. The lowest BCUT2D eigenvalue weighted by Crippen LogP contribution is -2.24. The Bertz CT molecular complexity index is 151. The highest BCUT2D eigenvalue weighted by molar-refractivity contribution is 5.82. The third-order valence-corrected chi connectivity index (χ3v) is 2.69. The lowest BCUT2D eigenvalue weighted by molar-refractivity contribution is -0.124. The van der Waals surface area contributed by atoms with Crippen LogP contribution in [0.25, 0.3) is 0 Å². The number of hydrogen-bond acceptors (Lipinski definition) is 2. The van der Waals surface area contributed by atoms with Gasteiger partial charge in [0.15, 0.2) is 0 Å². The van der Waals surface area contributed by atoms with Crippen LogP contribution in [0, 0.1) is 11.8 Å². The van der Waals surface area contributed by atoms with Gasteiger partial charge in [0, 0.05) is 18.9 Å². The topological polar surface area (TPSA) is 29.1 Å². The van der Waals surface area contributed by atoms with Crippen molar-refractivity contribution in [3.8, 4) is 0 Å². The summed E-state index contributed by atoms with van der Waals surface area (Å²) in [5.41, 5.74) is 0. The van der Waals surface area contributed by atoms with Crippen LogP contribution in [0.1, 0.15) is 19.3 Å². The second-order valence-electron chi connectivity index (χ2n) is 3.47. The molecule has 0 radical (unpaired) electrons. The Morgan fingerprint density at radius 1 is 1.30 bits per heavy atom. The van der Waals surface area contributed by atoms with Gasteiger partial charge in [0.1, 0.15) is 5.78 Å². The summed E-state index contributed by atoms with van der Waals surface area (Å²) in [5.74, 6) is 1.52. The number of ketones is 1. The highest BCUT2D eigenvalue weighted by Crippen LogP contribution is 2.27. The van der Waals surface area contributed by atoms with Gasteiger partial charge in [0.05, 0.1) is 0 Å². The molecule has 0 amide bonds. The molecule has 2 unspecified atom stereocenters. The fourth-order valence-corrected chi connectivity index (χ4v) is 2.00. The monoisotopic (exact) mass is 139 g/mol. The molecule has 10 heavy (non-hydrogen) atoms. The van der Waals surface area contributed by atoms with E-state index in [1.807, 2.05) is 0 Å². The first-order valence-corrected chi connectivity index (χ1v) is 4.09. The average Bonchev–Trinajstić information content (AvgIpc) is 2.20. The zero-order valence-corrected chi connectivity index (χ0v) is 6.10. The molecule has 1 aliphatic carbocycles. The van der Waals surface area contributed by atoms with Gasteiger partial charge >= 0.3 is 0 Å². The predicted molar refractivity (Wildman–Crippen MR) is 38.7 cm³/mol. The van der Waals surface area contributed by atoms with E-state index in [2.05, 4.69) is 5.32 Å². The van der Waals surface area contributed by atoms with Crippen molar-refractivity contribution in [2.45, 2.75) is 19.3 Å². The van der Waals surface area contributed by atoms with Crippen LogP contribution in [-0.4, -0.2) is 18.9 Å². The summed E-state index contributed by atoms with van der Waals surface area (Å²) in [4.78, 5) is 11.2. The zero-order valence-electron chi connectivity index (χ0n) is 6.10. The van der Waals surface area contributed by atoms with Gasteiger partial charge in [-0.1, -0.05) is 0 Å². The molecule has 2 atom stereocenters. The third-order valence-electron chi connectivity index (χ3n) is 2.69. The maximum atomic E-state index is 11.2. The molecule has 2 saturated heterocycles. The van der Waals surface area contributed by atoms with Crippen molar-refractivity contribution in [1.82, 2.24) is 5.32 Å². The Hall–Kier alpha value is -0.370. The summed E-state index contributed by atoms with van der Waals surface area (Å²) < 4.78 is 0. The molecule has 3 rings (SSSR count). The van der Waals surface area contributed by atoms with E-state index >= 15 is 0 Å². The molecule has 2 aliphatic heterocycles. The van der Waals surface area contributed by atoms with Gasteiger partial charge in [-0.3, -0.25) is 4.79 Å². The van der Waals surface area contributed by atoms with E-state index in [1.54, 1.807) is 0 Å². The molecular weight excluding hydrogens is 126 g/mol. The van der Waals surface area contributed by atoms with E-state index in [0.717, 1.165) is 25.9 Å². The first-order chi connectivity index (χ1) is 4.86. The standard InChI is InChI=1S/C8H13NO/c10-8-3-6-1-2-7(8)5-9-4-6/h6-7,9H,1-5H2. The number of fused-ring (bicyclic) bond motifs is 4. The Morgan fingerprint density at radius 2 is 2.20 bits per heavy atom. The highest BCUT2D eigenvalue weighted by atomic mass is 16.1. The molecule has 3 fully saturated rings. The fourth-order valence-electron chi connectivity index (χ4n) is 2.00. The molecular formula is C8H13NO. The van der Waals surface area contributed by atoms with Crippen LogP contribution in [0.15, 0.2) is 0 Å². The Balaban J connectivity index is 2.15. The second-order valence-corrected chi connectivity index (χ2v) is 3.47. The lowest BCUT2D eigenvalue weighted by Gasteiger charge is -2.20. The molecule has 2 heterocycles. The van der Waals surface area contributed by atoms with Gasteiger partial charge in [-0.05, 0) is 25.3 Å². The molecule has 2 heteroatoms. The van der Waals surface area contributed by atoms with Gasteiger partial charge in [-0.15, -0.1) is 0 Å². The summed E-state index contributed by atoms with van der Waals surface area (Å²) in [6.07, 6.45) is 3.25. The molecule has 0 aromatic carbocycles. The second kappa shape index (κ2) is 2.35. The Labute approximate surface area is 61.0 Å². The van der Waals surface area contributed by atoms with Crippen molar-refractivity contribution >= 4 is 5.78 Å². The van der Waals surface area contributed by atoms with Crippen LogP contribution in [0.4, 0.5) is 0 Å². The molecule has 0 spiro atoms. The van der Waals surface area contributed by atoms with Crippen LogP contribution in [-0.2, 0) is 4.79 Å². The number of carbonyl (C=O) groups is 1. The number of hydrogen-bond donors (Lipinski definition) is 1. The normalized spacial score (nSPS) is 39.8. The minimum absolute atomic E-state index is 0.360. The summed E-state index contributed by atoms with van der Waals surface area (Å²) in [7, 11) is 0. The molecule has 0 aromatic heterocycles. The fraction of sp³-hybridized carbons (Fsp3) is 0.875. The molecule has 0 aromatic rings. The van der Waals surface area contributed by atoms with Crippen molar-refractivity contribution < 1.29 is 4.79 Å². The third kappa shape index (κ3) is 0.966. The van der Waals surface area contributed by atoms with E-state index in [1.165, 1.54) is 6.42 Å². The van der Waals surface area contributed by atoms with E-state index in [4.69, 9.17) is 0 Å². The van der Waals surface area contributed by atoms with Crippen LogP contribution < -0.4 is 5.32 Å². The SMILES string of the molecule is O=C1CC2CCC1CNC2. The minimum atomic E-state index is 0.360. The summed E-state index contributed by atoms with van der Waals surface area (Å²) >= 11 is 0. The van der Waals surface area contributed by atoms with Gasteiger partial charge in [0.25, 0.3) is 0 Å². The van der Waals surface area contributed by atoms with Gasteiger partial charge in [-0.25, -0.2) is 0 Å². The van der Waals surface area contributed by atoms with E-state index in [0.29, 0.717) is 17.6 Å². The van der Waals surface area contributed by atoms with Crippen LogP contribution >= 0.6 is 0 Å². The van der Waals surface area contributed by atoms with Crippen LogP contribution in [0.3, 0.4) is 0 Å². The molecule has 3 aliphatic rings. The summed E-state index contributed by atoms with van der Waals surface area (Å²) in [6, 6.07) is 0. The lowest BCUT2D eigenvalue weighted by atomic mass is 9.83. The largest absolute Gasteiger partial charge is 0.316 e. The predicted octanol–water partition coefficient (Wildman–Crippen LogP) is 0.575. The number of Topliss-reactive ketones (excluding diaryl/α,β-unsaturated/α-hetero) is 1. The minimum Gasteiger partial charge on any atom is -0.316 e. The van der Waals surface area contributed by atoms with Crippen molar-refractivity contribution in [3.63, 3.8) is 0 Å². The quantitative estimate of drug-likeness (QED) is 0.531. The zero-order chi connectivity index (χ0) is 6.97. The maximum Gasteiger partial charge on any atom is 0.137 e. The van der Waals surface area contributed by atoms with Crippen LogP contribution in [0.5, 0.6) is 0 Å². The summed E-state index contributed by atoms with van der Waals surface area (Å²) in [5, 5.41) is 3.32. The Kier molecular flexibility index (Phi) is 1.49. The van der Waals surface area contributed by atoms with E-state index in [9.17, 15) is 4.79 Å². The smallest absolute Gasteiger partial charge is 0.137 e. The molecule has 2 bridgehead atoms. The number of nitrogens with one attached hydrogen (secondary N) is 1. The molecule has 56 valence electrons. The van der Waals surface area contributed by atoms with Gasteiger partial charge in [-0.2, -0.15) is 0 Å². The van der Waals surface area contributed by atoms with E-state index < -0.39 is 0 Å². The Morgan fingerprint density at radius 3 is 3.00 bits per heavy atom. The first kappa shape index (κ1) is 6.35. The average molecular weight is 139 g/mol. The van der Waals surface area contributed by atoms with Gasteiger partial charge in [0.2, 0.25) is 0 Å². The number of rotatable bonds is 0.